The van der Waals surface area contributed by atoms with Gasteiger partial charge in [0, 0.05) is 0 Å². The number of benzene rings is 1. The summed E-state index contributed by atoms with van der Waals surface area (Å²) in [5.41, 5.74) is 3.01. The van der Waals surface area contributed by atoms with Crippen LogP contribution in [0.15, 0.2) is 24.3 Å². The lowest BCUT2D eigenvalue weighted by Crippen LogP contribution is -2.02. The maximum Gasteiger partial charge on any atom is 0.132 e. The van der Waals surface area contributed by atoms with Crippen LogP contribution in [0.1, 0.15) is 22.4 Å². The largest absolute Gasteiger partial charge is 0.487 e. The first kappa shape index (κ1) is 14.6. The molecule has 0 radical (unpaired) electrons. The first-order valence-corrected chi connectivity index (χ1v) is 6.72. The predicted molar refractivity (Wildman–Crippen MR) is 79.2 cm³/mol. The topological polar surface area (TPSA) is 45.9 Å². The number of pyridine rings is 1. The van der Waals surface area contributed by atoms with Gasteiger partial charge in [0.15, 0.2) is 0 Å². The lowest BCUT2D eigenvalue weighted by Gasteiger charge is -2.13. The fourth-order valence-corrected chi connectivity index (χ4v) is 2.27. The number of hydrogen-bond acceptors (Lipinski definition) is 3. The number of nitrogens with zero attached hydrogens (tertiary/aromatic N) is 2. The van der Waals surface area contributed by atoms with Crippen molar-refractivity contribution >= 4 is 23.2 Å². The van der Waals surface area contributed by atoms with E-state index in [0.717, 1.165) is 16.9 Å². The van der Waals surface area contributed by atoms with Gasteiger partial charge < -0.3 is 4.74 Å². The number of nitriles is 1. The van der Waals surface area contributed by atoms with Gasteiger partial charge in [0.05, 0.1) is 22.3 Å². The number of rotatable bonds is 3. The van der Waals surface area contributed by atoms with Crippen molar-refractivity contribution < 1.29 is 4.74 Å². The Morgan fingerprint density at radius 3 is 2.45 bits per heavy atom. The molecule has 20 heavy (non-hydrogen) atoms. The van der Waals surface area contributed by atoms with E-state index >= 15 is 0 Å². The molecule has 1 heterocycles. The van der Waals surface area contributed by atoms with Crippen LogP contribution in [0.4, 0.5) is 0 Å². The molecule has 0 aliphatic rings. The molecule has 0 atom stereocenters. The summed E-state index contributed by atoms with van der Waals surface area (Å²) in [6.45, 7) is 4.03. The first-order valence-electron chi connectivity index (χ1n) is 5.96. The predicted octanol–water partition coefficient (Wildman–Crippen LogP) is 4.46. The van der Waals surface area contributed by atoms with E-state index in [1.54, 1.807) is 24.3 Å². The summed E-state index contributed by atoms with van der Waals surface area (Å²) in [7, 11) is 0. The van der Waals surface area contributed by atoms with Gasteiger partial charge in [0.25, 0.3) is 0 Å². The van der Waals surface area contributed by atoms with Crippen molar-refractivity contribution in [1.82, 2.24) is 4.98 Å². The molecule has 0 saturated heterocycles. The zero-order chi connectivity index (χ0) is 14.7. The third kappa shape index (κ3) is 3.22. The minimum atomic E-state index is 0.229. The van der Waals surface area contributed by atoms with Gasteiger partial charge in [0.2, 0.25) is 0 Å². The maximum absolute atomic E-state index is 8.92. The molecule has 0 bridgehead atoms. The highest BCUT2D eigenvalue weighted by Crippen LogP contribution is 2.26. The van der Waals surface area contributed by atoms with Crippen molar-refractivity contribution in [2.75, 3.05) is 0 Å². The highest BCUT2D eigenvalue weighted by Gasteiger charge is 2.09. The van der Waals surface area contributed by atoms with Crippen molar-refractivity contribution in [2.24, 2.45) is 0 Å². The molecule has 0 N–H and O–H groups in total. The summed E-state index contributed by atoms with van der Waals surface area (Å²) >= 11 is 11.9. The van der Waals surface area contributed by atoms with E-state index in [4.69, 9.17) is 33.2 Å². The molecule has 0 unspecified atom stereocenters. The van der Waals surface area contributed by atoms with Gasteiger partial charge >= 0.3 is 0 Å². The summed E-state index contributed by atoms with van der Waals surface area (Å²) in [6.07, 6.45) is 0. The second-order valence-electron chi connectivity index (χ2n) is 4.40. The average Bonchev–Trinajstić information content (AvgIpc) is 2.41. The molecule has 0 aliphatic heterocycles. The number of halogens is 2. The van der Waals surface area contributed by atoms with Crippen molar-refractivity contribution in [3.8, 4) is 11.8 Å². The molecule has 0 fully saturated rings. The van der Waals surface area contributed by atoms with E-state index in [-0.39, 0.29) is 6.61 Å². The first-order chi connectivity index (χ1) is 9.51. The summed E-state index contributed by atoms with van der Waals surface area (Å²) in [5, 5.41) is 9.81. The summed E-state index contributed by atoms with van der Waals surface area (Å²) in [6, 6.07) is 9.01. The van der Waals surface area contributed by atoms with Crippen LogP contribution in [0.2, 0.25) is 10.2 Å². The lowest BCUT2D eigenvalue weighted by molar-refractivity contribution is 0.297. The van der Waals surface area contributed by atoms with E-state index in [9.17, 15) is 0 Å². The zero-order valence-corrected chi connectivity index (χ0v) is 12.6. The minimum Gasteiger partial charge on any atom is -0.487 e. The zero-order valence-electron chi connectivity index (χ0n) is 11.1. The van der Waals surface area contributed by atoms with Gasteiger partial charge in [-0.2, -0.15) is 5.26 Å². The Hall–Kier alpha value is -1.76. The summed E-state index contributed by atoms with van der Waals surface area (Å²) < 4.78 is 5.77. The Kier molecular flexibility index (Phi) is 4.49. The van der Waals surface area contributed by atoms with Gasteiger partial charge in [-0.25, -0.2) is 4.98 Å². The van der Waals surface area contributed by atoms with Crippen LogP contribution in [0.5, 0.6) is 5.75 Å². The van der Waals surface area contributed by atoms with Crippen molar-refractivity contribution in [3.63, 3.8) is 0 Å². The van der Waals surface area contributed by atoms with Crippen molar-refractivity contribution in [1.29, 1.82) is 5.26 Å². The van der Waals surface area contributed by atoms with Gasteiger partial charge in [-0.15, -0.1) is 0 Å². The number of aromatic nitrogens is 1. The smallest absolute Gasteiger partial charge is 0.132 e. The Morgan fingerprint density at radius 1 is 1.20 bits per heavy atom. The number of ether oxygens (including phenoxy) is 1. The van der Waals surface area contributed by atoms with Crippen LogP contribution in [0.3, 0.4) is 0 Å². The molecule has 102 valence electrons. The fraction of sp³-hybridized carbons (Fsp3) is 0.200. The summed E-state index contributed by atoms with van der Waals surface area (Å²) in [4.78, 5) is 4.14. The number of hydrogen-bond donors (Lipinski definition) is 0. The van der Waals surface area contributed by atoms with E-state index in [1.807, 2.05) is 13.8 Å². The fourth-order valence-electron chi connectivity index (χ4n) is 1.94. The Bertz CT molecular complexity index is 670. The quantitative estimate of drug-likeness (QED) is 0.787. The molecule has 0 saturated carbocycles. The molecule has 0 amide bonds. The normalized spacial score (nSPS) is 10.2. The Morgan fingerprint density at radius 2 is 1.85 bits per heavy atom. The van der Waals surface area contributed by atoms with Crippen LogP contribution in [-0.4, -0.2) is 4.98 Å². The molecular weight excluding hydrogens is 295 g/mol. The number of aryl methyl sites for hydroxylation is 2. The van der Waals surface area contributed by atoms with Crippen LogP contribution >= 0.6 is 23.2 Å². The third-order valence-electron chi connectivity index (χ3n) is 2.83. The van der Waals surface area contributed by atoms with E-state index in [0.29, 0.717) is 21.4 Å². The molecule has 3 nitrogen and oxygen atoms in total. The minimum absolute atomic E-state index is 0.229. The van der Waals surface area contributed by atoms with E-state index in [2.05, 4.69) is 11.1 Å². The highest BCUT2D eigenvalue weighted by molar-refractivity contribution is 6.32. The van der Waals surface area contributed by atoms with Gasteiger partial charge in [0.1, 0.15) is 17.5 Å². The van der Waals surface area contributed by atoms with E-state index < -0.39 is 0 Å². The van der Waals surface area contributed by atoms with Gasteiger partial charge in [-0.3, -0.25) is 0 Å². The lowest BCUT2D eigenvalue weighted by atomic mass is 10.1. The maximum atomic E-state index is 8.92. The Balaban J connectivity index is 2.23. The van der Waals surface area contributed by atoms with Crippen LogP contribution in [-0.2, 0) is 6.61 Å². The standard InChI is InChI=1S/C15H12Cl2N2O/c1-9-5-11(7-18)6-10(2)15(9)20-8-13-12(16)3-4-14(17)19-13/h3-6H,8H2,1-2H3. The van der Waals surface area contributed by atoms with Crippen molar-refractivity contribution in [2.45, 2.75) is 20.5 Å². The van der Waals surface area contributed by atoms with Crippen LogP contribution in [0, 0.1) is 25.2 Å². The summed E-state index contributed by atoms with van der Waals surface area (Å²) in [5.74, 6) is 0.738. The SMILES string of the molecule is Cc1cc(C#N)cc(C)c1OCc1nc(Cl)ccc1Cl. The second kappa shape index (κ2) is 6.13. The third-order valence-corrected chi connectivity index (χ3v) is 3.38. The van der Waals surface area contributed by atoms with Gasteiger partial charge in [-0.05, 0) is 49.2 Å². The molecule has 1 aromatic carbocycles. The monoisotopic (exact) mass is 306 g/mol. The van der Waals surface area contributed by atoms with Gasteiger partial charge in [-0.1, -0.05) is 23.2 Å². The average molecular weight is 307 g/mol. The molecule has 5 heteroatoms. The Labute approximate surface area is 127 Å². The molecule has 0 aliphatic carbocycles. The van der Waals surface area contributed by atoms with E-state index in [1.165, 1.54) is 0 Å². The van der Waals surface area contributed by atoms with Crippen LogP contribution in [0.25, 0.3) is 0 Å². The molecule has 2 aromatic rings. The second-order valence-corrected chi connectivity index (χ2v) is 5.20. The molecule has 1 aromatic heterocycles. The molecule has 2 rings (SSSR count). The highest BCUT2D eigenvalue weighted by atomic mass is 35.5. The van der Waals surface area contributed by atoms with Crippen LogP contribution < -0.4 is 4.74 Å². The van der Waals surface area contributed by atoms with Crippen molar-refractivity contribution in [3.05, 3.63) is 56.8 Å². The molecular formula is C15H12Cl2N2O. The molecule has 0 spiro atoms.